The van der Waals surface area contributed by atoms with Crippen molar-refractivity contribution in [2.45, 2.75) is 25.4 Å². The van der Waals surface area contributed by atoms with Crippen LogP contribution >= 0.6 is 23.2 Å². The van der Waals surface area contributed by atoms with E-state index in [2.05, 4.69) is 10.2 Å². The Hall–Kier alpha value is -0.320. The molecule has 1 aromatic rings. The molecule has 2 rings (SSSR count). The van der Waals surface area contributed by atoms with Crippen molar-refractivity contribution in [1.82, 2.24) is 10.2 Å². The number of likely N-dealkylation sites (tertiary alicyclic amines) is 1. The molecule has 0 aromatic heterocycles. The van der Waals surface area contributed by atoms with Gasteiger partial charge in [0.25, 0.3) is 0 Å². The summed E-state index contributed by atoms with van der Waals surface area (Å²) in [5, 5.41) is 14.6. The molecule has 1 fully saturated rings. The Morgan fingerprint density at radius 3 is 2.70 bits per heavy atom. The molecule has 0 amide bonds. The Morgan fingerprint density at radius 2 is 2.00 bits per heavy atom. The van der Waals surface area contributed by atoms with Crippen molar-refractivity contribution in [2.75, 3.05) is 32.7 Å². The molecule has 112 valence electrons. The molecule has 3 nitrogen and oxygen atoms in total. The highest BCUT2D eigenvalue weighted by atomic mass is 35.5. The van der Waals surface area contributed by atoms with Gasteiger partial charge in [-0.15, -0.1) is 0 Å². The molecule has 1 aliphatic rings. The molecule has 0 aliphatic carbocycles. The molecule has 1 aromatic carbocycles. The second-order valence-corrected chi connectivity index (χ2v) is 6.20. The van der Waals surface area contributed by atoms with Crippen molar-refractivity contribution < 1.29 is 5.11 Å². The number of aliphatic hydroxyl groups is 1. The van der Waals surface area contributed by atoms with Crippen LogP contribution in [0.3, 0.4) is 0 Å². The largest absolute Gasteiger partial charge is 0.390 e. The lowest BCUT2D eigenvalue weighted by atomic mass is 10.1. The Labute approximate surface area is 130 Å². The monoisotopic (exact) mass is 316 g/mol. The average Bonchev–Trinajstić information content (AvgIpc) is 2.89. The lowest BCUT2D eigenvalue weighted by Gasteiger charge is -2.19. The number of hydrogen-bond donors (Lipinski definition) is 2. The number of aliphatic hydroxyl groups excluding tert-OH is 1. The first-order valence-corrected chi connectivity index (χ1v) is 7.96. The van der Waals surface area contributed by atoms with Gasteiger partial charge in [0, 0.05) is 23.1 Å². The fourth-order valence-electron chi connectivity index (χ4n) is 2.54. The zero-order chi connectivity index (χ0) is 14.4. The van der Waals surface area contributed by atoms with Crippen molar-refractivity contribution in [1.29, 1.82) is 0 Å². The Morgan fingerprint density at radius 1 is 1.25 bits per heavy atom. The minimum absolute atomic E-state index is 0.297. The lowest BCUT2D eigenvalue weighted by molar-refractivity contribution is 0.124. The van der Waals surface area contributed by atoms with Crippen LogP contribution in [0.1, 0.15) is 18.4 Å². The number of nitrogens with zero attached hydrogens (tertiary/aromatic N) is 1. The van der Waals surface area contributed by atoms with Crippen LogP contribution in [0.5, 0.6) is 0 Å². The SMILES string of the molecule is OC(CNCCc1ccc(Cl)cc1Cl)CN1CCCC1. The van der Waals surface area contributed by atoms with E-state index in [1.807, 2.05) is 12.1 Å². The summed E-state index contributed by atoms with van der Waals surface area (Å²) in [6, 6.07) is 5.57. The Bertz CT molecular complexity index is 422. The van der Waals surface area contributed by atoms with Gasteiger partial charge in [-0.2, -0.15) is 0 Å². The van der Waals surface area contributed by atoms with Gasteiger partial charge in [0.15, 0.2) is 0 Å². The molecule has 1 atom stereocenters. The third kappa shape index (κ3) is 5.23. The fraction of sp³-hybridized carbons (Fsp3) is 0.600. The zero-order valence-corrected chi connectivity index (χ0v) is 13.1. The summed E-state index contributed by atoms with van der Waals surface area (Å²) in [5.74, 6) is 0. The van der Waals surface area contributed by atoms with Crippen molar-refractivity contribution >= 4 is 23.2 Å². The van der Waals surface area contributed by atoms with Crippen molar-refractivity contribution in [3.05, 3.63) is 33.8 Å². The number of benzene rings is 1. The van der Waals surface area contributed by atoms with E-state index < -0.39 is 0 Å². The highest BCUT2D eigenvalue weighted by Gasteiger charge is 2.15. The molecule has 0 spiro atoms. The first kappa shape index (κ1) is 16.1. The average molecular weight is 317 g/mol. The third-order valence-corrected chi connectivity index (χ3v) is 4.22. The summed E-state index contributed by atoms with van der Waals surface area (Å²) in [4.78, 5) is 2.32. The van der Waals surface area contributed by atoms with E-state index in [0.717, 1.165) is 38.2 Å². The van der Waals surface area contributed by atoms with Crippen LogP contribution in [0.25, 0.3) is 0 Å². The van der Waals surface area contributed by atoms with Crippen LogP contribution in [-0.2, 0) is 6.42 Å². The summed E-state index contributed by atoms with van der Waals surface area (Å²) in [6.45, 7) is 4.45. The minimum atomic E-state index is -0.297. The number of nitrogens with one attached hydrogen (secondary N) is 1. The second-order valence-electron chi connectivity index (χ2n) is 5.35. The molecular formula is C15H22Cl2N2O. The predicted molar refractivity (Wildman–Crippen MR) is 84.7 cm³/mol. The van der Waals surface area contributed by atoms with Gasteiger partial charge in [0.2, 0.25) is 0 Å². The van der Waals surface area contributed by atoms with E-state index in [-0.39, 0.29) is 6.10 Å². The number of halogens is 2. The van der Waals surface area contributed by atoms with E-state index in [4.69, 9.17) is 23.2 Å². The minimum Gasteiger partial charge on any atom is -0.390 e. The van der Waals surface area contributed by atoms with Crippen molar-refractivity contribution in [3.63, 3.8) is 0 Å². The second kappa shape index (κ2) is 8.20. The quantitative estimate of drug-likeness (QED) is 0.759. The first-order valence-electron chi connectivity index (χ1n) is 7.20. The van der Waals surface area contributed by atoms with Gasteiger partial charge in [-0.3, -0.25) is 0 Å². The summed E-state index contributed by atoms with van der Waals surface area (Å²) in [7, 11) is 0. The van der Waals surface area contributed by atoms with Gasteiger partial charge in [-0.05, 0) is 56.6 Å². The summed E-state index contributed by atoms with van der Waals surface area (Å²) >= 11 is 12.0. The van der Waals surface area contributed by atoms with Gasteiger partial charge in [0.1, 0.15) is 0 Å². The molecular weight excluding hydrogens is 295 g/mol. The summed E-state index contributed by atoms with van der Waals surface area (Å²) in [6.07, 6.45) is 3.06. The molecule has 0 bridgehead atoms. The van der Waals surface area contributed by atoms with Crippen molar-refractivity contribution in [2.24, 2.45) is 0 Å². The summed E-state index contributed by atoms with van der Waals surface area (Å²) in [5.41, 5.74) is 1.08. The van der Waals surface area contributed by atoms with Gasteiger partial charge in [-0.1, -0.05) is 29.3 Å². The standard InChI is InChI=1S/C15H22Cl2N2O/c16-13-4-3-12(15(17)9-13)5-6-18-10-14(20)11-19-7-1-2-8-19/h3-4,9,14,18,20H,1-2,5-8,10-11H2. The molecule has 1 aliphatic heterocycles. The molecule has 1 unspecified atom stereocenters. The maximum atomic E-state index is 9.95. The molecule has 5 heteroatoms. The van der Waals surface area contributed by atoms with E-state index in [9.17, 15) is 5.11 Å². The smallest absolute Gasteiger partial charge is 0.0791 e. The topological polar surface area (TPSA) is 35.5 Å². The van der Waals surface area contributed by atoms with Crippen LogP contribution in [-0.4, -0.2) is 48.8 Å². The van der Waals surface area contributed by atoms with Gasteiger partial charge < -0.3 is 15.3 Å². The van der Waals surface area contributed by atoms with Crippen LogP contribution in [0, 0.1) is 0 Å². The molecule has 1 saturated heterocycles. The van der Waals surface area contributed by atoms with E-state index in [0.29, 0.717) is 16.6 Å². The number of β-amino-alcohol motifs (C(OH)–C–C–N with tert-alkyl or cyclic N) is 1. The lowest BCUT2D eigenvalue weighted by Crippen LogP contribution is -2.37. The maximum Gasteiger partial charge on any atom is 0.0791 e. The molecule has 20 heavy (non-hydrogen) atoms. The number of rotatable bonds is 7. The zero-order valence-electron chi connectivity index (χ0n) is 11.6. The van der Waals surface area contributed by atoms with Crippen LogP contribution < -0.4 is 5.32 Å². The maximum absolute atomic E-state index is 9.95. The van der Waals surface area contributed by atoms with Gasteiger partial charge in [0.05, 0.1) is 6.10 Å². The predicted octanol–water partition coefficient (Wildman–Crippen LogP) is 2.58. The van der Waals surface area contributed by atoms with E-state index in [1.165, 1.54) is 12.8 Å². The Balaban J connectivity index is 1.63. The van der Waals surface area contributed by atoms with E-state index in [1.54, 1.807) is 6.07 Å². The van der Waals surface area contributed by atoms with Crippen LogP contribution in [0.2, 0.25) is 10.0 Å². The fourth-order valence-corrected chi connectivity index (χ4v) is 3.05. The third-order valence-electron chi connectivity index (χ3n) is 3.63. The highest BCUT2D eigenvalue weighted by molar-refractivity contribution is 6.35. The van der Waals surface area contributed by atoms with Gasteiger partial charge in [-0.25, -0.2) is 0 Å². The number of hydrogen-bond acceptors (Lipinski definition) is 3. The normalized spacial score (nSPS) is 17.6. The molecule has 2 N–H and O–H groups in total. The first-order chi connectivity index (χ1) is 9.65. The highest BCUT2D eigenvalue weighted by Crippen LogP contribution is 2.21. The van der Waals surface area contributed by atoms with Crippen LogP contribution in [0.15, 0.2) is 18.2 Å². The van der Waals surface area contributed by atoms with Gasteiger partial charge >= 0.3 is 0 Å². The van der Waals surface area contributed by atoms with Crippen LogP contribution in [0.4, 0.5) is 0 Å². The summed E-state index contributed by atoms with van der Waals surface area (Å²) < 4.78 is 0. The van der Waals surface area contributed by atoms with Crippen molar-refractivity contribution in [3.8, 4) is 0 Å². The molecule has 1 heterocycles. The Kier molecular flexibility index (Phi) is 6.59. The van der Waals surface area contributed by atoms with E-state index >= 15 is 0 Å². The molecule has 0 radical (unpaired) electrons. The molecule has 0 saturated carbocycles.